The zero-order valence-electron chi connectivity index (χ0n) is 16.3. The van der Waals surface area contributed by atoms with Crippen molar-refractivity contribution in [3.8, 4) is 0 Å². The third kappa shape index (κ3) is 5.79. The smallest absolute Gasteiger partial charge is 0.315 e. The van der Waals surface area contributed by atoms with Gasteiger partial charge in [-0.25, -0.2) is 4.79 Å². The number of piperidine rings is 1. The summed E-state index contributed by atoms with van der Waals surface area (Å²) in [6, 6.07) is 8.32. The normalized spacial score (nSPS) is 17.6. The fourth-order valence-electron chi connectivity index (χ4n) is 3.54. The van der Waals surface area contributed by atoms with Crippen LogP contribution in [0.2, 0.25) is 0 Å². The Bertz CT molecular complexity index is 726. The van der Waals surface area contributed by atoms with E-state index in [0.29, 0.717) is 13.1 Å². The fraction of sp³-hybridized carbons (Fsp3) is 0.550. The maximum Gasteiger partial charge on any atom is 0.315 e. The minimum Gasteiger partial charge on any atom is -0.334 e. The second-order valence-electron chi connectivity index (χ2n) is 7.37. The molecule has 2 aromatic rings. The van der Waals surface area contributed by atoms with E-state index < -0.39 is 0 Å². The molecule has 0 bridgehead atoms. The standard InChI is InChI=1S/C20H30N6O/c1-3-26-15-23-24-19(26)12-22-20(27)21-11-17-6-8-18(9-7-17)14-25-10-4-5-16(2)13-25/h6-9,15-16H,3-5,10-14H2,1-2H3,(H2,21,22,27)/t16-/m0/s1. The van der Waals surface area contributed by atoms with Gasteiger partial charge in [0.1, 0.15) is 6.33 Å². The highest BCUT2D eigenvalue weighted by Gasteiger charge is 2.16. The van der Waals surface area contributed by atoms with Crippen molar-refractivity contribution in [1.29, 1.82) is 0 Å². The number of carbonyl (C=O) groups excluding carboxylic acids is 1. The lowest BCUT2D eigenvalue weighted by atomic mass is 9.99. The van der Waals surface area contributed by atoms with Gasteiger partial charge in [0.25, 0.3) is 0 Å². The first-order valence-corrected chi connectivity index (χ1v) is 9.82. The van der Waals surface area contributed by atoms with Crippen molar-refractivity contribution < 1.29 is 4.79 Å². The second-order valence-corrected chi connectivity index (χ2v) is 7.37. The number of aryl methyl sites for hydroxylation is 1. The first kappa shape index (κ1) is 19.4. The van der Waals surface area contributed by atoms with Crippen LogP contribution in [0.5, 0.6) is 0 Å². The van der Waals surface area contributed by atoms with Crippen LogP contribution in [-0.4, -0.2) is 38.8 Å². The van der Waals surface area contributed by atoms with Crippen molar-refractivity contribution in [3.63, 3.8) is 0 Å². The van der Waals surface area contributed by atoms with E-state index >= 15 is 0 Å². The molecule has 1 fully saturated rings. The summed E-state index contributed by atoms with van der Waals surface area (Å²) in [6.45, 7) is 9.40. The average molecular weight is 371 g/mol. The van der Waals surface area contributed by atoms with Gasteiger partial charge >= 0.3 is 6.03 Å². The molecule has 0 unspecified atom stereocenters. The van der Waals surface area contributed by atoms with Crippen molar-refractivity contribution in [2.75, 3.05) is 13.1 Å². The molecule has 0 saturated carbocycles. The maximum absolute atomic E-state index is 12.0. The molecular weight excluding hydrogens is 340 g/mol. The molecule has 7 nitrogen and oxygen atoms in total. The topological polar surface area (TPSA) is 75.1 Å². The van der Waals surface area contributed by atoms with E-state index in [1.807, 2.05) is 11.5 Å². The molecule has 1 atom stereocenters. The predicted molar refractivity (Wildman–Crippen MR) is 105 cm³/mol. The number of likely N-dealkylation sites (tertiary alicyclic amines) is 1. The molecule has 1 saturated heterocycles. The van der Waals surface area contributed by atoms with Gasteiger partial charge in [0.2, 0.25) is 0 Å². The number of carbonyl (C=O) groups is 1. The Morgan fingerprint density at radius 1 is 1.19 bits per heavy atom. The number of nitrogens with zero attached hydrogens (tertiary/aromatic N) is 4. The molecule has 1 aliphatic heterocycles. The van der Waals surface area contributed by atoms with Crippen LogP contribution in [0.4, 0.5) is 4.79 Å². The summed E-state index contributed by atoms with van der Waals surface area (Å²) in [4.78, 5) is 14.5. The first-order valence-electron chi connectivity index (χ1n) is 9.82. The molecule has 2 heterocycles. The van der Waals surface area contributed by atoms with Gasteiger partial charge in [-0.05, 0) is 43.4 Å². The van der Waals surface area contributed by atoms with Crippen LogP contribution >= 0.6 is 0 Å². The van der Waals surface area contributed by atoms with Gasteiger partial charge in [-0.1, -0.05) is 31.2 Å². The predicted octanol–water partition coefficient (Wildman–Crippen LogP) is 2.53. The summed E-state index contributed by atoms with van der Waals surface area (Å²) in [5.41, 5.74) is 2.42. The highest BCUT2D eigenvalue weighted by atomic mass is 16.2. The van der Waals surface area contributed by atoms with Gasteiger partial charge in [-0.3, -0.25) is 4.90 Å². The molecular formula is C20H30N6O. The Morgan fingerprint density at radius 2 is 1.93 bits per heavy atom. The van der Waals surface area contributed by atoms with Crippen LogP contribution in [0, 0.1) is 5.92 Å². The van der Waals surface area contributed by atoms with E-state index in [2.05, 4.69) is 56.9 Å². The quantitative estimate of drug-likeness (QED) is 0.785. The molecule has 1 aromatic heterocycles. The summed E-state index contributed by atoms with van der Waals surface area (Å²) in [7, 11) is 0. The Kier molecular flexibility index (Phi) is 6.81. The third-order valence-electron chi connectivity index (χ3n) is 5.07. The zero-order chi connectivity index (χ0) is 19.1. The largest absolute Gasteiger partial charge is 0.334 e. The number of amides is 2. The fourth-order valence-corrected chi connectivity index (χ4v) is 3.54. The van der Waals surface area contributed by atoms with Gasteiger partial charge in [0, 0.05) is 26.2 Å². The van der Waals surface area contributed by atoms with Crippen LogP contribution in [-0.2, 0) is 26.2 Å². The number of hydrogen-bond donors (Lipinski definition) is 2. The molecule has 0 radical (unpaired) electrons. The molecule has 3 rings (SSSR count). The molecule has 1 aliphatic rings. The summed E-state index contributed by atoms with van der Waals surface area (Å²) >= 11 is 0. The Balaban J connectivity index is 1.41. The summed E-state index contributed by atoms with van der Waals surface area (Å²) < 4.78 is 1.90. The number of rotatable bonds is 7. The summed E-state index contributed by atoms with van der Waals surface area (Å²) in [5.74, 6) is 1.55. The number of nitrogens with one attached hydrogen (secondary N) is 2. The van der Waals surface area contributed by atoms with E-state index in [4.69, 9.17) is 0 Å². The number of benzene rings is 1. The lowest BCUT2D eigenvalue weighted by Gasteiger charge is -2.30. The second kappa shape index (κ2) is 9.50. The molecule has 2 N–H and O–H groups in total. The van der Waals surface area contributed by atoms with Gasteiger partial charge in [0.05, 0.1) is 6.54 Å². The molecule has 2 amide bonds. The molecule has 146 valence electrons. The lowest BCUT2D eigenvalue weighted by molar-refractivity contribution is 0.176. The van der Waals surface area contributed by atoms with E-state index in [9.17, 15) is 4.79 Å². The minimum atomic E-state index is -0.202. The Hall–Kier alpha value is -2.41. The highest BCUT2D eigenvalue weighted by molar-refractivity contribution is 5.73. The Labute approximate surface area is 161 Å². The third-order valence-corrected chi connectivity index (χ3v) is 5.07. The van der Waals surface area contributed by atoms with E-state index in [-0.39, 0.29) is 6.03 Å². The molecule has 27 heavy (non-hydrogen) atoms. The molecule has 7 heteroatoms. The monoisotopic (exact) mass is 370 g/mol. The zero-order valence-corrected chi connectivity index (χ0v) is 16.3. The SMILES string of the molecule is CCn1cnnc1CNC(=O)NCc1ccc(CN2CCC[C@H](C)C2)cc1. The molecule has 0 spiro atoms. The van der Waals surface area contributed by atoms with Gasteiger partial charge in [-0.15, -0.1) is 10.2 Å². The van der Waals surface area contributed by atoms with Crippen molar-refractivity contribution in [3.05, 3.63) is 47.5 Å². The number of aromatic nitrogens is 3. The lowest BCUT2D eigenvalue weighted by Crippen LogP contribution is -2.35. The van der Waals surface area contributed by atoms with Crippen molar-refractivity contribution in [2.45, 2.75) is 52.9 Å². The van der Waals surface area contributed by atoms with Gasteiger partial charge in [-0.2, -0.15) is 0 Å². The van der Waals surface area contributed by atoms with E-state index in [0.717, 1.165) is 30.4 Å². The van der Waals surface area contributed by atoms with Crippen LogP contribution in [0.15, 0.2) is 30.6 Å². The van der Waals surface area contributed by atoms with Crippen LogP contribution < -0.4 is 10.6 Å². The average Bonchev–Trinajstić information content (AvgIpc) is 3.13. The van der Waals surface area contributed by atoms with Crippen LogP contribution in [0.25, 0.3) is 0 Å². The van der Waals surface area contributed by atoms with Gasteiger partial charge in [0.15, 0.2) is 5.82 Å². The minimum absolute atomic E-state index is 0.202. The van der Waals surface area contributed by atoms with E-state index in [1.165, 1.54) is 31.5 Å². The van der Waals surface area contributed by atoms with Crippen molar-refractivity contribution in [1.82, 2.24) is 30.3 Å². The van der Waals surface area contributed by atoms with Crippen LogP contribution in [0.1, 0.15) is 43.6 Å². The highest BCUT2D eigenvalue weighted by Crippen LogP contribution is 2.18. The molecule has 0 aliphatic carbocycles. The first-order chi connectivity index (χ1) is 13.1. The van der Waals surface area contributed by atoms with Crippen molar-refractivity contribution in [2.24, 2.45) is 5.92 Å². The summed E-state index contributed by atoms with van der Waals surface area (Å²) in [5, 5.41) is 13.6. The van der Waals surface area contributed by atoms with E-state index in [1.54, 1.807) is 6.33 Å². The van der Waals surface area contributed by atoms with Crippen LogP contribution in [0.3, 0.4) is 0 Å². The van der Waals surface area contributed by atoms with Crippen molar-refractivity contribution >= 4 is 6.03 Å². The molecule has 1 aromatic carbocycles. The maximum atomic E-state index is 12.0. The van der Waals surface area contributed by atoms with Gasteiger partial charge < -0.3 is 15.2 Å². The number of hydrogen-bond acceptors (Lipinski definition) is 4. The Morgan fingerprint density at radius 3 is 2.67 bits per heavy atom. The summed E-state index contributed by atoms with van der Waals surface area (Å²) in [6.07, 6.45) is 4.31. The number of urea groups is 1.